The lowest BCUT2D eigenvalue weighted by Gasteiger charge is -2.13. The smallest absolute Gasteiger partial charge is 0.368 e. The summed E-state index contributed by atoms with van der Waals surface area (Å²) in [6.07, 6.45) is -3.64. The van der Waals surface area contributed by atoms with Crippen LogP contribution in [0.5, 0.6) is 0 Å². The summed E-state index contributed by atoms with van der Waals surface area (Å²) in [7, 11) is 0. The van der Waals surface area contributed by atoms with Crippen molar-refractivity contribution in [1.29, 1.82) is 0 Å². The summed E-state index contributed by atoms with van der Waals surface area (Å²) in [5, 5.41) is 24.2. The zero-order valence-corrected chi connectivity index (χ0v) is 10.7. The number of rotatable bonds is 5. The Morgan fingerprint density at radius 2 is 1.67 bits per heavy atom. The van der Waals surface area contributed by atoms with Gasteiger partial charge in [-0.3, -0.25) is 20.2 Å². The van der Waals surface area contributed by atoms with Gasteiger partial charge < -0.3 is 5.32 Å². The van der Waals surface area contributed by atoms with E-state index in [-0.39, 0.29) is 12.1 Å². The fourth-order valence-corrected chi connectivity index (χ4v) is 1.50. The summed E-state index contributed by atoms with van der Waals surface area (Å²) in [4.78, 5) is 19.6. The lowest BCUT2D eigenvalue weighted by atomic mass is 10.1. The van der Waals surface area contributed by atoms with Gasteiger partial charge in [0.2, 0.25) is 0 Å². The highest BCUT2D eigenvalue weighted by molar-refractivity contribution is 5.75. The maximum atomic E-state index is 12.7. The van der Waals surface area contributed by atoms with Crippen molar-refractivity contribution in [2.45, 2.75) is 19.1 Å². The Bertz CT molecular complexity index is 566. The highest BCUT2D eigenvalue weighted by atomic mass is 19.4. The third-order valence-electron chi connectivity index (χ3n) is 2.54. The third-order valence-corrected chi connectivity index (χ3v) is 2.54. The predicted molar refractivity (Wildman–Crippen MR) is 68.0 cm³/mol. The Labute approximate surface area is 116 Å². The average molecular weight is 305 g/mol. The van der Waals surface area contributed by atoms with Gasteiger partial charge in [-0.25, -0.2) is 0 Å². The molecular weight excluding hydrogens is 295 g/mol. The van der Waals surface area contributed by atoms with Crippen LogP contribution in [0.1, 0.15) is 12.5 Å². The minimum Gasteiger partial charge on any atom is -0.368 e. The number of hydrogen-bond donors (Lipinski definition) is 1. The molecule has 7 nitrogen and oxygen atoms in total. The Hall–Kier alpha value is -2.65. The second-order valence-corrected chi connectivity index (χ2v) is 4.07. The molecule has 1 aromatic carbocycles. The van der Waals surface area contributed by atoms with Crippen LogP contribution in [-0.2, 0) is 6.18 Å². The second kappa shape index (κ2) is 5.77. The number of nitro groups is 2. The maximum Gasteiger partial charge on any atom is 0.416 e. The molecule has 1 atom stereocenters. The van der Waals surface area contributed by atoms with Gasteiger partial charge in [0.15, 0.2) is 5.69 Å². The van der Waals surface area contributed by atoms with Crippen LogP contribution in [0.2, 0.25) is 0 Å². The van der Waals surface area contributed by atoms with E-state index in [2.05, 4.69) is 11.9 Å². The number of alkyl halides is 3. The van der Waals surface area contributed by atoms with Gasteiger partial charge in [-0.15, -0.1) is 6.58 Å². The number of nitrogens with zero attached hydrogens (tertiary/aromatic N) is 2. The molecule has 0 saturated heterocycles. The van der Waals surface area contributed by atoms with Gasteiger partial charge in [0, 0.05) is 18.2 Å². The van der Waals surface area contributed by atoms with E-state index in [1.807, 2.05) is 0 Å². The molecule has 0 aliphatic rings. The summed E-state index contributed by atoms with van der Waals surface area (Å²) in [6, 6.07) is -0.102. The van der Waals surface area contributed by atoms with Gasteiger partial charge in [-0.2, -0.15) is 13.2 Å². The molecule has 21 heavy (non-hydrogen) atoms. The van der Waals surface area contributed by atoms with E-state index in [0.717, 1.165) is 0 Å². The number of benzene rings is 1. The normalized spacial score (nSPS) is 12.6. The van der Waals surface area contributed by atoms with Crippen LogP contribution in [0, 0.1) is 20.2 Å². The molecule has 10 heteroatoms. The van der Waals surface area contributed by atoms with Crippen LogP contribution in [0.25, 0.3) is 0 Å². The molecule has 0 saturated carbocycles. The molecule has 1 N–H and O–H groups in total. The molecule has 0 amide bonds. The molecule has 0 spiro atoms. The first-order valence-corrected chi connectivity index (χ1v) is 5.51. The first-order valence-electron chi connectivity index (χ1n) is 5.51. The fraction of sp³-hybridized carbons (Fsp3) is 0.273. The lowest BCUT2D eigenvalue weighted by Crippen LogP contribution is -2.16. The molecule has 1 unspecified atom stereocenters. The quantitative estimate of drug-likeness (QED) is 0.510. The van der Waals surface area contributed by atoms with Crippen LogP contribution in [0.15, 0.2) is 24.8 Å². The van der Waals surface area contributed by atoms with E-state index in [1.54, 1.807) is 0 Å². The molecule has 0 heterocycles. The molecule has 1 aromatic rings. The van der Waals surface area contributed by atoms with Crippen molar-refractivity contribution in [3.63, 3.8) is 0 Å². The zero-order valence-electron chi connectivity index (χ0n) is 10.7. The first kappa shape index (κ1) is 16.4. The molecule has 0 radical (unpaired) electrons. The van der Waals surface area contributed by atoms with E-state index >= 15 is 0 Å². The SMILES string of the molecule is C=CC(C)Nc1c([N+](=O)[O-])cc(C(F)(F)F)cc1[N+](=O)[O-]. The molecule has 0 aromatic heterocycles. The summed E-state index contributed by atoms with van der Waals surface area (Å²) in [6.45, 7) is 4.86. The van der Waals surface area contributed by atoms with Gasteiger partial charge in [0.25, 0.3) is 11.4 Å². The third kappa shape index (κ3) is 3.68. The number of anilines is 1. The largest absolute Gasteiger partial charge is 0.416 e. The van der Waals surface area contributed by atoms with Crippen LogP contribution >= 0.6 is 0 Å². The Morgan fingerprint density at radius 1 is 1.24 bits per heavy atom. The van der Waals surface area contributed by atoms with Crippen molar-refractivity contribution in [1.82, 2.24) is 0 Å². The van der Waals surface area contributed by atoms with E-state index < -0.39 is 44.7 Å². The van der Waals surface area contributed by atoms with Crippen molar-refractivity contribution >= 4 is 17.1 Å². The number of nitrogens with one attached hydrogen (secondary N) is 1. The topological polar surface area (TPSA) is 98.3 Å². The summed E-state index contributed by atoms with van der Waals surface area (Å²) in [5.74, 6) is 0. The van der Waals surface area contributed by atoms with E-state index in [9.17, 15) is 33.4 Å². The first-order chi connectivity index (χ1) is 9.57. The number of nitro benzene ring substituents is 2. The Morgan fingerprint density at radius 3 is 1.95 bits per heavy atom. The molecule has 1 rings (SSSR count). The van der Waals surface area contributed by atoms with Crippen LogP contribution in [0.4, 0.5) is 30.2 Å². The standard InChI is InChI=1S/C11H10F3N3O4/c1-3-6(2)15-10-8(16(18)19)4-7(11(12,13)14)5-9(10)17(20)21/h3-6,15H,1H2,2H3. The summed E-state index contributed by atoms with van der Waals surface area (Å²) >= 11 is 0. The van der Waals surface area contributed by atoms with Crippen LogP contribution in [0.3, 0.4) is 0 Å². The second-order valence-electron chi connectivity index (χ2n) is 4.07. The van der Waals surface area contributed by atoms with Gasteiger partial charge in [0.1, 0.15) is 0 Å². The Balaban J connectivity index is 3.62. The molecule has 0 aliphatic carbocycles. The molecule has 0 aliphatic heterocycles. The number of halogens is 3. The maximum absolute atomic E-state index is 12.7. The Kier molecular flexibility index (Phi) is 4.51. The molecular formula is C11H10F3N3O4. The molecule has 0 fully saturated rings. The molecule has 114 valence electrons. The van der Waals surface area contributed by atoms with E-state index in [4.69, 9.17) is 0 Å². The molecule has 0 bridgehead atoms. The van der Waals surface area contributed by atoms with E-state index in [1.165, 1.54) is 13.0 Å². The minimum absolute atomic E-state index is 0.255. The summed E-state index contributed by atoms with van der Waals surface area (Å²) < 4.78 is 38.0. The van der Waals surface area contributed by atoms with Crippen molar-refractivity contribution in [2.24, 2.45) is 0 Å². The van der Waals surface area contributed by atoms with Crippen molar-refractivity contribution in [2.75, 3.05) is 5.32 Å². The average Bonchev–Trinajstić information content (AvgIpc) is 2.36. The lowest BCUT2D eigenvalue weighted by molar-refractivity contribution is -0.392. The van der Waals surface area contributed by atoms with Crippen LogP contribution in [-0.4, -0.2) is 15.9 Å². The van der Waals surface area contributed by atoms with Gasteiger partial charge in [-0.1, -0.05) is 6.08 Å². The fourth-order valence-electron chi connectivity index (χ4n) is 1.50. The van der Waals surface area contributed by atoms with Gasteiger partial charge >= 0.3 is 6.18 Å². The minimum atomic E-state index is -4.93. The monoisotopic (exact) mass is 305 g/mol. The zero-order chi connectivity index (χ0) is 16.4. The highest BCUT2D eigenvalue weighted by Crippen LogP contribution is 2.41. The highest BCUT2D eigenvalue weighted by Gasteiger charge is 2.37. The van der Waals surface area contributed by atoms with Crippen molar-refractivity contribution in [3.8, 4) is 0 Å². The number of hydrogen-bond acceptors (Lipinski definition) is 5. The van der Waals surface area contributed by atoms with E-state index in [0.29, 0.717) is 0 Å². The predicted octanol–water partition coefficient (Wildman–Crippen LogP) is 3.51. The van der Waals surface area contributed by atoms with Gasteiger partial charge in [-0.05, 0) is 6.92 Å². The summed E-state index contributed by atoms with van der Waals surface area (Å²) in [5.41, 5.74) is -4.10. The van der Waals surface area contributed by atoms with Crippen molar-refractivity contribution < 1.29 is 23.0 Å². The van der Waals surface area contributed by atoms with Crippen LogP contribution < -0.4 is 5.32 Å². The van der Waals surface area contributed by atoms with Gasteiger partial charge in [0.05, 0.1) is 15.4 Å². The van der Waals surface area contributed by atoms with Crippen molar-refractivity contribution in [3.05, 3.63) is 50.6 Å².